The number of halogens is 1. The molecule has 4 heterocycles. The molecule has 0 atom stereocenters. The van der Waals surface area contributed by atoms with Gasteiger partial charge in [0.2, 0.25) is 17.5 Å². The second-order valence-electron chi connectivity index (χ2n) is 10.3. The number of nitrogens with zero attached hydrogens (tertiary/aromatic N) is 7. The number of hydrogen-bond donors (Lipinski definition) is 0. The lowest BCUT2D eigenvalue weighted by Crippen LogP contribution is -2.47. The molecule has 0 unspecified atom stereocenters. The molecule has 0 spiro atoms. The molecule has 206 valence electrons. The van der Waals surface area contributed by atoms with Gasteiger partial charge in [-0.1, -0.05) is 42.5 Å². The van der Waals surface area contributed by atoms with Crippen LogP contribution in [0.3, 0.4) is 0 Å². The fraction of sp³-hybridized carbons (Fsp3) is 0.152. The van der Waals surface area contributed by atoms with Gasteiger partial charge in [-0.05, 0) is 54.4 Å². The highest BCUT2D eigenvalue weighted by Gasteiger charge is 2.28. The molecule has 6 aromatic rings. The average molecular weight is 556 g/mol. The Morgan fingerprint density at radius 2 is 1.62 bits per heavy atom. The van der Waals surface area contributed by atoms with Gasteiger partial charge >= 0.3 is 0 Å². The Labute approximate surface area is 241 Å². The van der Waals surface area contributed by atoms with Crippen molar-refractivity contribution in [2.75, 3.05) is 36.0 Å². The Hall–Kier alpha value is -5.49. The molecule has 1 saturated heterocycles. The summed E-state index contributed by atoms with van der Waals surface area (Å²) in [6.07, 6.45) is 3.78. The molecule has 3 aromatic heterocycles. The summed E-state index contributed by atoms with van der Waals surface area (Å²) in [5.41, 5.74) is 6.06. The number of rotatable bonds is 5. The van der Waals surface area contributed by atoms with Crippen molar-refractivity contribution in [3.8, 4) is 34.3 Å². The van der Waals surface area contributed by atoms with Crippen molar-refractivity contribution >= 4 is 22.7 Å². The van der Waals surface area contributed by atoms with Gasteiger partial charge in [-0.15, -0.1) is 0 Å². The maximum Gasteiger partial charge on any atom is 0.235 e. The zero-order chi connectivity index (χ0) is 28.6. The fourth-order valence-corrected chi connectivity index (χ4v) is 5.53. The lowest BCUT2D eigenvalue weighted by atomic mass is 10.1. The molecule has 0 amide bonds. The van der Waals surface area contributed by atoms with E-state index in [2.05, 4.69) is 70.0 Å². The number of hydrogen-bond acceptors (Lipinski definition) is 7. The van der Waals surface area contributed by atoms with Crippen LogP contribution >= 0.6 is 0 Å². The van der Waals surface area contributed by atoms with Gasteiger partial charge in [-0.25, -0.2) is 14.4 Å². The number of aromatic nitrogens is 4. The van der Waals surface area contributed by atoms with Gasteiger partial charge in [0, 0.05) is 49.2 Å². The number of anilines is 2. The SMILES string of the molecule is Cc1cccc(-n2cc(-c3ccccc3)c3c(N4CCN(c5oc(-c6ccc(F)cc6)nc5C#N)CC4)ncnc32)c1. The Bertz CT molecular complexity index is 1930. The third kappa shape index (κ3) is 4.53. The Balaban J connectivity index is 1.23. The number of fused-ring (bicyclic) bond motifs is 1. The Kier molecular flexibility index (Phi) is 6.36. The number of piperazine rings is 1. The maximum atomic E-state index is 13.4. The van der Waals surface area contributed by atoms with Gasteiger partial charge in [0.05, 0.1) is 5.39 Å². The van der Waals surface area contributed by atoms with E-state index in [-0.39, 0.29) is 11.5 Å². The Morgan fingerprint density at radius 1 is 0.857 bits per heavy atom. The van der Waals surface area contributed by atoms with Gasteiger partial charge < -0.3 is 18.8 Å². The highest BCUT2D eigenvalue weighted by atomic mass is 19.1. The lowest BCUT2D eigenvalue weighted by molar-refractivity contribution is 0.530. The third-order valence-electron chi connectivity index (χ3n) is 7.60. The van der Waals surface area contributed by atoms with E-state index in [0.29, 0.717) is 43.5 Å². The fourth-order valence-electron chi connectivity index (χ4n) is 5.53. The molecule has 8 nitrogen and oxygen atoms in total. The van der Waals surface area contributed by atoms with Crippen molar-refractivity contribution in [2.45, 2.75) is 6.92 Å². The molecule has 1 aliphatic heterocycles. The van der Waals surface area contributed by atoms with E-state index in [9.17, 15) is 9.65 Å². The van der Waals surface area contributed by atoms with Crippen LogP contribution < -0.4 is 9.80 Å². The summed E-state index contributed by atoms with van der Waals surface area (Å²) in [5, 5.41) is 10.8. The summed E-state index contributed by atoms with van der Waals surface area (Å²) < 4.78 is 21.6. The summed E-state index contributed by atoms with van der Waals surface area (Å²) in [5.74, 6) is 1.26. The summed E-state index contributed by atoms with van der Waals surface area (Å²) in [4.78, 5) is 18.2. The van der Waals surface area contributed by atoms with E-state index in [1.54, 1.807) is 18.5 Å². The minimum atomic E-state index is -0.342. The van der Waals surface area contributed by atoms with E-state index < -0.39 is 0 Å². The summed E-state index contributed by atoms with van der Waals surface area (Å²) in [7, 11) is 0. The summed E-state index contributed by atoms with van der Waals surface area (Å²) in [6, 6.07) is 26.7. The minimum absolute atomic E-state index is 0.216. The molecule has 0 N–H and O–H groups in total. The highest BCUT2D eigenvalue weighted by Crippen LogP contribution is 2.37. The molecular weight excluding hydrogens is 529 g/mol. The van der Waals surface area contributed by atoms with Gasteiger partial charge in [0.1, 0.15) is 24.0 Å². The van der Waals surface area contributed by atoms with Crippen molar-refractivity contribution in [3.63, 3.8) is 0 Å². The summed E-state index contributed by atoms with van der Waals surface area (Å²) >= 11 is 0. The van der Waals surface area contributed by atoms with Crippen LogP contribution in [0.25, 0.3) is 39.3 Å². The largest absolute Gasteiger partial charge is 0.419 e. The standard InChI is InChI=1S/C33H26FN7O/c1-22-6-5-9-26(18-22)41-20-27(23-7-3-2-4-8-23)29-30(36-21-37-31(29)41)39-14-16-40(17-15-39)33-28(19-35)38-32(42-33)24-10-12-25(34)13-11-24/h2-13,18,20-21H,14-17H2,1H3. The van der Waals surface area contributed by atoms with Crippen molar-refractivity contribution in [1.29, 1.82) is 5.26 Å². The predicted molar refractivity (Wildman–Crippen MR) is 160 cm³/mol. The zero-order valence-electron chi connectivity index (χ0n) is 22.9. The van der Waals surface area contributed by atoms with Gasteiger partial charge in [0.25, 0.3) is 0 Å². The first-order valence-electron chi connectivity index (χ1n) is 13.7. The molecular formula is C33H26FN7O. The van der Waals surface area contributed by atoms with Crippen LogP contribution in [-0.4, -0.2) is 45.7 Å². The van der Waals surface area contributed by atoms with Crippen molar-refractivity contribution in [3.05, 3.63) is 108 Å². The third-order valence-corrected chi connectivity index (χ3v) is 7.60. The lowest BCUT2D eigenvalue weighted by Gasteiger charge is -2.35. The molecule has 1 aliphatic rings. The monoisotopic (exact) mass is 555 g/mol. The van der Waals surface area contributed by atoms with Crippen LogP contribution in [0.4, 0.5) is 16.1 Å². The number of nitriles is 1. The van der Waals surface area contributed by atoms with Crippen LogP contribution in [-0.2, 0) is 0 Å². The zero-order valence-corrected chi connectivity index (χ0v) is 22.9. The topological polar surface area (TPSA) is 87.0 Å². The molecule has 42 heavy (non-hydrogen) atoms. The van der Waals surface area contributed by atoms with Gasteiger partial charge in [-0.2, -0.15) is 10.2 Å². The average Bonchev–Trinajstić information content (AvgIpc) is 3.65. The summed E-state index contributed by atoms with van der Waals surface area (Å²) in [6.45, 7) is 4.62. The van der Waals surface area contributed by atoms with Crippen LogP contribution in [0.5, 0.6) is 0 Å². The van der Waals surface area contributed by atoms with Gasteiger partial charge in [-0.3, -0.25) is 0 Å². The maximum absolute atomic E-state index is 13.4. The minimum Gasteiger partial charge on any atom is -0.419 e. The number of benzene rings is 3. The molecule has 0 aliphatic carbocycles. The van der Waals surface area contributed by atoms with Crippen molar-refractivity contribution < 1.29 is 8.81 Å². The van der Waals surface area contributed by atoms with E-state index in [0.717, 1.165) is 33.7 Å². The second-order valence-corrected chi connectivity index (χ2v) is 10.3. The van der Waals surface area contributed by atoms with Crippen LogP contribution in [0.15, 0.2) is 95.8 Å². The molecule has 0 bridgehead atoms. The molecule has 9 heteroatoms. The highest BCUT2D eigenvalue weighted by molar-refractivity contribution is 6.02. The number of oxazole rings is 1. The molecule has 0 saturated carbocycles. The van der Waals surface area contributed by atoms with Crippen molar-refractivity contribution in [2.24, 2.45) is 0 Å². The van der Waals surface area contributed by atoms with E-state index >= 15 is 0 Å². The molecule has 3 aromatic carbocycles. The second kappa shape index (κ2) is 10.5. The Morgan fingerprint density at radius 3 is 2.36 bits per heavy atom. The van der Waals surface area contributed by atoms with E-state index in [1.807, 2.05) is 23.1 Å². The molecule has 0 radical (unpaired) electrons. The normalized spacial score (nSPS) is 13.5. The van der Waals surface area contributed by atoms with E-state index in [1.165, 1.54) is 17.7 Å². The first-order chi connectivity index (χ1) is 20.6. The first-order valence-corrected chi connectivity index (χ1v) is 13.7. The van der Waals surface area contributed by atoms with Crippen molar-refractivity contribution in [1.82, 2.24) is 19.5 Å². The molecule has 1 fully saturated rings. The van der Waals surface area contributed by atoms with Crippen LogP contribution in [0, 0.1) is 24.1 Å². The molecule has 7 rings (SSSR count). The smallest absolute Gasteiger partial charge is 0.235 e. The quantitative estimate of drug-likeness (QED) is 0.244. The first kappa shape index (κ1) is 25.5. The van der Waals surface area contributed by atoms with Gasteiger partial charge in [0.15, 0.2) is 5.65 Å². The predicted octanol–water partition coefficient (Wildman–Crippen LogP) is 6.39. The van der Waals surface area contributed by atoms with E-state index in [4.69, 9.17) is 14.4 Å². The van der Waals surface area contributed by atoms with Crippen LogP contribution in [0.1, 0.15) is 11.3 Å². The van der Waals surface area contributed by atoms with Crippen LogP contribution in [0.2, 0.25) is 0 Å². The number of aryl methyl sites for hydroxylation is 1.